The fourth-order valence-corrected chi connectivity index (χ4v) is 1.66. The van der Waals surface area contributed by atoms with Gasteiger partial charge in [-0.3, -0.25) is 4.79 Å². The van der Waals surface area contributed by atoms with Gasteiger partial charge >= 0.3 is 0 Å². The average Bonchev–Trinajstić information content (AvgIpc) is 1.98. The number of aliphatic hydroxyl groups excluding tert-OH is 1. The molecular weight excluding hydrogens is 270 g/mol. The third-order valence-electron chi connectivity index (χ3n) is 1.92. The van der Waals surface area contributed by atoms with Crippen LogP contribution in [0.1, 0.15) is 6.92 Å². The first-order chi connectivity index (χ1) is 6.17. The number of alkyl halides is 3. The summed E-state index contributed by atoms with van der Waals surface area (Å²) < 4.78 is -1.68. The molecule has 6 heteroatoms. The maximum Gasteiger partial charge on any atom is 0.237 e. The predicted octanol–water partition coefficient (Wildman–Crippen LogP) is 3.51. The lowest BCUT2D eigenvalue weighted by molar-refractivity contribution is -0.114. The van der Waals surface area contributed by atoms with Crippen molar-refractivity contribution >= 4 is 52.2 Å². The predicted molar refractivity (Wildman–Crippen MR) is 58.1 cm³/mol. The van der Waals surface area contributed by atoms with Crippen LogP contribution in [0.25, 0.3) is 0 Å². The molecule has 0 aromatic carbocycles. The molecule has 0 bridgehead atoms. The van der Waals surface area contributed by atoms with Crippen LogP contribution in [-0.2, 0) is 4.79 Å². The summed E-state index contributed by atoms with van der Waals surface area (Å²) in [7, 11) is 0. The highest BCUT2D eigenvalue weighted by Gasteiger charge is 2.45. The fourth-order valence-electron chi connectivity index (χ4n) is 1.01. The summed E-state index contributed by atoms with van der Waals surface area (Å²) in [6, 6.07) is 0. The quantitative estimate of drug-likeness (QED) is 0.687. The molecular formula is C8H6Cl4O2. The number of halogens is 4. The Morgan fingerprint density at radius 3 is 2.21 bits per heavy atom. The Labute approximate surface area is 101 Å². The number of hydrogen-bond donors (Lipinski definition) is 1. The lowest BCUT2D eigenvalue weighted by Gasteiger charge is -2.32. The van der Waals surface area contributed by atoms with Gasteiger partial charge in [-0.25, -0.2) is 0 Å². The van der Waals surface area contributed by atoms with Crippen LogP contribution >= 0.6 is 46.4 Å². The second-order valence-corrected chi connectivity index (χ2v) is 5.82. The highest BCUT2D eigenvalue weighted by molar-refractivity contribution is 6.68. The molecule has 0 aliphatic heterocycles. The summed E-state index contributed by atoms with van der Waals surface area (Å²) in [4.78, 5) is 11.1. The van der Waals surface area contributed by atoms with E-state index in [1.807, 2.05) is 0 Å². The monoisotopic (exact) mass is 274 g/mol. The normalized spacial score (nSPS) is 28.5. The molecule has 78 valence electrons. The van der Waals surface area contributed by atoms with Crippen molar-refractivity contribution < 1.29 is 9.90 Å². The van der Waals surface area contributed by atoms with Crippen molar-refractivity contribution in [1.29, 1.82) is 0 Å². The third-order valence-corrected chi connectivity index (χ3v) is 3.43. The van der Waals surface area contributed by atoms with E-state index < -0.39 is 20.7 Å². The molecule has 0 aromatic heterocycles. The molecule has 14 heavy (non-hydrogen) atoms. The Kier molecular flexibility index (Phi) is 3.13. The number of hydrogen-bond acceptors (Lipinski definition) is 2. The van der Waals surface area contributed by atoms with Crippen LogP contribution in [0.5, 0.6) is 0 Å². The van der Waals surface area contributed by atoms with Gasteiger partial charge in [0.05, 0.1) is 10.4 Å². The molecule has 0 aromatic rings. The first kappa shape index (κ1) is 12.2. The van der Waals surface area contributed by atoms with E-state index in [1.165, 1.54) is 12.2 Å². The minimum atomic E-state index is -1.68. The SMILES string of the molecule is CC1(C(Cl)(Cl)Cl)C=C(O)C(=O)C(Cl)=C1. The van der Waals surface area contributed by atoms with Gasteiger partial charge in [0.15, 0.2) is 5.76 Å². The summed E-state index contributed by atoms with van der Waals surface area (Å²) in [5.41, 5.74) is -1.09. The molecule has 2 nitrogen and oxygen atoms in total. The molecule has 1 unspecified atom stereocenters. The lowest BCUT2D eigenvalue weighted by atomic mass is 9.87. The van der Waals surface area contributed by atoms with Crippen LogP contribution in [0.15, 0.2) is 22.9 Å². The van der Waals surface area contributed by atoms with Gasteiger partial charge in [-0.1, -0.05) is 46.4 Å². The number of Topliss-reactive ketones (excluding diaryl/α,β-unsaturated/α-hetero) is 1. The molecule has 1 N–H and O–H groups in total. The van der Waals surface area contributed by atoms with E-state index in [-0.39, 0.29) is 5.03 Å². The zero-order chi connectivity index (χ0) is 11.1. The first-order valence-corrected chi connectivity index (χ1v) is 5.10. The molecule has 0 amide bonds. The maximum atomic E-state index is 11.1. The largest absolute Gasteiger partial charge is 0.504 e. The fraction of sp³-hybridized carbons (Fsp3) is 0.375. The third kappa shape index (κ3) is 2.03. The van der Waals surface area contributed by atoms with Gasteiger partial charge in [-0.15, -0.1) is 0 Å². The summed E-state index contributed by atoms with van der Waals surface area (Å²) >= 11 is 22.7. The van der Waals surface area contributed by atoms with Crippen molar-refractivity contribution in [1.82, 2.24) is 0 Å². The van der Waals surface area contributed by atoms with Crippen molar-refractivity contribution in [3.8, 4) is 0 Å². The second-order valence-electron chi connectivity index (χ2n) is 3.13. The molecule has 0 fully saturated rings. The van der Waals surface area contributed by atoms with Gasteiger partial charge in [-0.05, 0) is 19.1 Å². The van der Waals surface area contributed by atoms with E-state index in [0.29, 0.717) is 0 Å². The van der Waals surface area contributed by atoms with Gasteiger partial charge in [0, 0.05) is 0 Å². The van der Waals surface area contributed by atoms with E-state index in [4.69, 9.17) is 46.4 Å². The zero-order valence-corrected chi connectivity index (χ0v) is 10.0. The summed E-state index contributed by atoms with van der Waals surface area (Å²) in [5.74, 6) is -1.18. The van der Waals surface area contributed by atoms with E-state index in [0.717, 1.165) is 0 Å². The minimum Gasteiger partial charge on any atom is -0.504 e. The molecule has 0 saturated carbocycles. The Hall–Kier alpha value is 0.110. The van der Waals surface area contributed by atoms with Crippen LogP contribution in [0, 0.1) is 5.41 Å². The number of carbonyl (C=O) groups excluding carboxylic acids is 1. The van der Waals surface area contributed by atoms with Crippen LogP contribution in [-0.4, -0.2) is 14.7 Å². The molecule has 0 saturated heterocycles. The second kappa shape index (κ2) is 3.60. The highest BCUT2D eigenvalue weighted by Crippen LogP contribution is 2.49. The molecule has 0 heterocycles. The number of aliphatic hydroxyl groups is 1. The van der Waals surface area contributed by atoms with Crippen molar-refractivity contribution in [3.05, 3.63) is 22.9 Å². The van der Waals surface area contributed by atoms with Crippen LogP contribution in [0.3, 0.4) is 0 Å². The summed E-state index contributed by atoms with van der Waals surface area (Å²) in [6.07, 6.45) is 2.48. The molecule has 0 spiro atoms. The van der Waals surface area contributed by atoms with Gasteiger partial charge in [-0.2, -0.15) is 0 Å². The number of ketones is 1. The molecule has 1 aliphatic rings. The van der Waals surface area contributed by atoms with E-state index >= 15 is 0 Å². The lowest BCUT2D eigenvalue weighted by Crippen LogP contribution is -2.32. The first-order valence-electron chi connectivity index (χ1n) is 3.59. The average molecular weight is 276 g/mol. The van der Waals surface area contributed by atoms with Crippen LogP contribution < -0.4 is 0 Å². The molecule has 0 radical (unpaired) electrons. The Bertz CT molecular complexity index is 316. The maximum absolute atomic E-state index is 11.1. The van der Waals surface area contributed by atoms with E-state index in [9.17, 15) is 9.90 Å². The van der Waals surface area contributed by atoms with Crippen LogP contribution in [0.2, 0.25) is 0 Å². The van der Waals surface area contributed by atoms with Gasteiger partial charge in [0.1, 0.15) is 0 Å². The van der Waals surface area contributed by atoms with E-state index in [2.05, 4.69) is 0 Å². The minimum absolute atomic E-state index is 0.154. The Morgan fingerprint density at radius 1 is 1.36 bits per heavy atom. The van der Waals surface area contributed by atoms with E-state index in [1.54, 1.807) is 6.92 Å². The standard InChI is InChI=1S/C8H6Cl4O2/c1-7(8(10,11)12)2-4(9)6(14)5(13)3-7/h2-3,13H,1H3. The summed E-state index contributed by atoms with van der Waals surface area (Å²) in [6.45, 7) is 1.55. The Morgan fingerprint density at radius 2 is 1.86 bits per heavy atom. The van der Waals surface area contributed by atoms with Crippen molar-refractivity contribution in [2.24, 2.45) is 5.41 Å². The van der Waals surface area contributed by atoms with Crippen molar-refractivity contribution in [2.75, 3.05) is 0 Å². The van der Waals surface area contributed by atoms with Crippen molar-refractivity contribution in [2.45, 2.75) is 10.7 Å². The van der Waals surface area contributed by atoms with Gasteiger partial charge < -0.3 is 5.11 Å². The molecule has 1 atom stereocenters. The molecule has 1 aliphatic carbocycles. The number of carbonyl (C=O) groups is 1. The van der Waals surface area contributed by atoms with Crippen LogP contribution in [0.4, 0.5) is 0 Å². The Balaban J connectivity index is 3.23. The summed E-state index contributed by atoms with van der Waals surface area (Å²) in [5, 5.41) is 9.10. The smallest absolute Gasteiger partial charge is 0.237 e. The van der Waals surface area contributed by atoms with Gasteiger partial charge in [0.2, 0.25) is 9.58 Å². The number of allylic oxidation sites excluding steroid dienone is 3. The highest BCUT2D eigenvalue weighted by atomic mass is 35.6. The van der Waals surface area contributed by atoms with Gasteiger partial charge in [0.25, 0.3) is 0 Å². The molecule has 1 rings (SSSR count). The zero-order valence-electron chi connectivity index (χ0n) is 7.02. The number of rotatable bonds is 0. The van der Waals surface area contributed by atoms with Crippen molar-refractivity contribution in [3.63, 3.8) is 0 Å². The topological polar surface area (TPSA) is 37.3 Å².